The van der Waals surface area contributed by atoms with Crippen LogP contribution in [0.1, 0.15) is 11.1 Å². The molecule has 0 saturated carbocycles. The first kappa shape index (κ1) is 20.1. The lowest BCUT2D eigenvalue weighted by Crippen LogP contribution is -2.37. The van der Waals surface area contributed by atoms with Gasteiger partial charge in [-0.2, -0.15) is 0 Å². The highest BCUT2D eigenvalue weighted by molar-refractivity contribution is 6.35. The van der Waals surface area contributed by atoms with Crippen molar-refractivity contribution in [3.8, 4) is 5.75 Å². The molecule has 7 heteroatoms. The van der Waals surface area contributed by atoms with Crippen molar-refractivity contribution in [1.29, 1.82) is 0 Å². The Morgan fingerprint density at radius 3 is 2.58 bits per heavy atom. The molecule has 0 aliphatic heterocycles. The number of likely N-dealkylation sites (N-methyl/N-ethyl adjacent to an activating group) is 1. The summed E-state index contributed by atoms with van der Waals surface area (Å²) < 4.78 is 5.40. The van der Waals surface area contributed by atoms with Gasteiger partial charge in [-0.1, -0.05) is 35.3 Å². The van der Waals surface area contributed by atoms with E-state index in [4.69, 9.17) is 27.9 Å². The average Bonchev–Trinajstić information content (AvgIpc) is 2.57. The van der Waals surface area contributed by atoms with E-state index in [1.165, 1.54) is 18.0 Å². The second kappa shape index (κ2) is 8.92. The third kappa shape index (κ3) is 5.38. The Labute approximate surface area is 162 Å². The molecule has 0 aliphatic carbocycles. The van der Waals surface area contributed by atoms with Crippen molar-refractivity contribution in [2.75, 3.05) is 25.5 Å². The van der Waals surface area contributed by atoms with Gasteiger partial charge in [0.25, 0.3) is 5.91 Å². The van der Waals surface area contributed by atoms with E-state index < -0.39 is 0 Å². The van der Waals surface area contributed by atoms with Gasteiger partial charge in [-0.15, -0.1) is 0 Å². The first-order chi connectivity index (χ1) is 12.3. The summed E-state index contributed by atoms with van der Waals surface area (Å²) in [7, 11) is 1.54. The van der Waals surface area contributed by atoms with Crippen LogP contribution in [0.25, 0.3) is 0 Å². The van der Waals surface area contributed by atoms with Gasteiger partial charge in [0.05, 0.1) is 11.6 Å². The standard InChI is InChI=1S/C19H20Cl2N2O3/c1-12-5-4-6-16(13(12)2)22-18(24)10-23(3)19(25)11-26-17-8-7-14(20)9-15(17)21/h4-9H,10-11H2,1-3H3,(H,22,24). The number of hydrogen-bond donors (Lipinski definition) is 1. The van der Waals surface area contributed by atoms with Gasteiger partial charge in [-0.05, 0) is 49.2 Å². The summed E-state index contributed by atoms with van der Waals surface area (Å²) in [5.41, 5.74) is 2.82. The molecule has 0 spiro atoms. The lowest BCUT2D eigenvalue weighted by Gasteiger charge is -2.18. The SMILES string of the molecule is Cc1cccc(NC(=O)CN(C)C(=O)COc2ccc(Cl)cc2Cl)c1C. The molecule has 138 valence electrons. The fourth-order valence-electron chi connectivity index (χ4n) is 2.22. The smallest absolute Gasteiger partial charge is 0.260 e. The summed E-state index contributed by atoms with van der Waals surface area (Å²) in [4.78, 5) is 25.6. The number of hydrogen-bond acceptors (Lipinski definition) is 3. The van der Waals surface area contributed by atoms with E-state index in [2.05, 4.69) is 5.32 Å². The predicted octanol–water partition coefficient (Wildman–Crippen LogP) is 4.09. The number of anilines is 1. The second-order valence-corrected chi connectivity index (χ2v) is 6.75. The van der Waals surface area contributed by atoms with Crippen LogP contribution in [0, 0.1) is 13.8 Å². The van der Waals surface area contributed by atoms with Gasteiger partial charge in [0.15, 0.2) is 6.61 Å². The maximum atomic E-state index is 12.2. The zero-order chi connectivity index (χ0) is 19.3. The highest BCUT2D eigenvalue weighted by Crippen LogP contribution is 2.27. The molecule has 26 heavy (non-hydrogen) atoms. The topological polar surface area (TPSA) is 58.6 Å². The molecule has 0 atom stereocenters. The summed E-state index contributed by atoms with van der Waals surface area (Å²) in [6.45, 7) is 3.60. The van der Waals surface area contributed by atoms with Crippen molar-refractivity contribution >= 4 is 40.7 Å². The number of ether oxygens (including phenoxy) is 1. The van der Waals surface area contributed by atoms with Crippen LogP contribution in [0.2, 0.25) is 10.0 Å². The number of halogens is 2. The molecule has 2 aromatic rings. The zero-order valence-electron chi connectivity index (χ0n) is 14.8. The van der Waals surface area contributed by atoms with Gasteiger partial charge in [-0.3, -0.25) is 9.59 Å². The molecule has 0 unspecified atom stereocenters. The monoisotopic (exact) mass is 394 g/mol. The van der Waals surface area contributed by atoms with E-state index >= 15 is 0 Å². The van der Waals surface area contributed by atoms with Gasteiger partial charge in [0.1, 0.15) is 5.75 Å². The van der Waals surface area contributed by atoms with Crippen LogP contribution in [-0.4, -0.2) is 36.9 Å². The van der Waals surface area contributed by atoms with Crippen LogP contribution in [0.5, 0.6) is 5.75 Å². The molecule has 1 N–H and O–H groups in total. The number of amides is 2. The fourth-order valence-corrected chi connectivity index (χ4v) is 2.68. The molecule has 0 heterocycles. The van der Waals surface area contributed by atoms with E-state index in [0.717, 1.165) is 16.8 Å². The van der Waals surface area contributed by atoms with E-state index in [1.54, 1.807) is 12.1 Å². The van der Waals surface area contributed by atoms with Gasteiger partial charge in [0.2, 0.25) is 5.91 Å². The van der Waals surface area contributed by atoms with Crippen molar-refractivity contribution in [2.45, 2.75) is 13.8 Å². The van der Waals surface area contributed by atoms with Crippen LogP contribution in [0.3, 0.4) is 0 Å². The fraction of sp³-hybridized carbons (Fsp3) is 0.263. The highest BCUT2D eigenvalue weighted by Gasteiger charge is 2.15. The van der Waals surface area contributed by atoms with E-state index in [9.17, 15) is 9.59 Å². The van der Waals surface area contributed by atoms with Gasteiger partial charge in [-0.25, -0.2) is 0 Å². The van der Waals surface area contributed by atoms with Crippen LogP contribution < -0.4 is 10.1 Å². The molecule has 2 rings (SSSR count). The summed E-state index contributed by atoms with van der Waals surface area (Å²) in [5, 5.41) is 3.62. The highest BCUT2D eigenvalue weighted by atomic mass is 35.5. The number of rotatable bonds is 6. The lowest BCUT2D eigenvalue weighted by atomic mass is 10.1. The van der Waals surface area contributed by atoms with Crippen LogP contribution >= 0.6 is 23.2 Å². The van der Waals surface area contributed by atoms with Crippen molar-refractivity contribution in [3.05, 3.63) is 57.6 Å². The minimum absolute atomic E-state index is 0.0794. The third-order valence-corrected chi connectivity index (χ3v) is 4.46. The largest absolute Gasteiger partial charge is 0.482 e. The van der Waals surface area contributed by atoms with Crippen LogP contribution in [0.15, 0.2) is 36.4 Å². The van der Waals surface area contributed by atoms with Crippen molar-refractivity contribution < 1.29 is 14.3 Å². The van der Waals surface area contributed by atoms with Crippen molar-refractivity contribution in [3.63, 3.8) is 0 Å². The molecule has 0 saturated heterocycles. The number of carbonyl (C=O) groups is 2. The third-order valence-electron chi connectivity index (χ3n) is 3.93. The summed E-state index contributed by atoms with van der Waals surface area (Å²) in [5.74, 6) is -0.260. The summed E-state index contributed by atoms with van der Waals surface area (Å²) in [6.07, 6.45) is 0. The number of aryl methyl sites for hydroxylation is 1. The van der Waals surface area contributed by atoms with Crippen molar-refractivity contribution in [2.24, 2.45) is 0 Å². The molecule has 2 amide bonds. The first-order valence-electron chi connectivity index (χ1n) is 7.96. The van der Waals surface area contributed by atoms with Gasteiger partial charge in [0, 0.05) is 17.8 Å². The minimum atomic E-state index is -0.341. The van der Waals surface area contributed by atoms with E-state index in [-0.39, 0.29) is 25.0 Å². The Bertz CT molecular complexity index is 824. The lowest BCUT2D eigenvalue weighted by molar-refractivity contribution is -0.135. The van der Waals surface area contributed by atoms with Crippen molar-refractivity contribution in [1.82, 2.24) is 4.90 Å². The van der Waals surface area contributed by atoms with Crippen LogP contribution in [-0.2, 0) is 9.59 Å². The maximum absolute atomic E-state index is 12.2. The molecule has 5 nitrogen and oxygen atoms in total. The quantitative estimate of drug-likeness (QED) is 0.802. The number of nitrogens with one attached hydrogen (secondary N) is 1. The molecule has 0 aromatic heterocycles. The Morgan fingerprint density at radius 1 is 1.15 bits per heavy atom. The van der Waals surface area contributed by atoms with Crippen LogP contribution in [0.4, 0.5) is 5.69 Å². The number of benzene rings is 2. The Morgan fingerprint density at radius 2 is 1.88 bits per heavy atom. The predicted molar refractivity (Wildman–Crippen MR) is 104 cm³/mol. The normalized spacial score (nSPS) is 10.3. The summed E-state index contributed by atoms with van der Waals surface area (Å²) in [6, 6.07) is 10.4. The maximum Gasteiger partial charge on any atom is 0.260 e. The Balaban J connectivity index is 1.88. The zero-order valence-corrected chi connectivity index (χ0v) is 16.3. The van der Waals surface area contributed by atoms with Gasteiger partial charge >= 0.3 is 0 Å². The molecule has 0 radical (unpaired) electrons. The molecular formula is C19H20Cl2N2O3. The van der Waals surface area contributed by atoms with Gasteiger partial charge < -0.3 is 15.0 Å². The van der Waals surface area contributed by atoms with E-state index in [0.29, 0.717) is 15.8 Å². The molecule has 0 fully saturated rings. The summed E-state index contributed by atoms with van der Waals surface area (Å²) >= 11 is 11.8. The minimum Gasteiger partial charge on any atom is -0.482 e. The molecule has 0 bridgehead atoms. The number of carbonyl (C=O) groups excluding carboxylic acids is 2. The average molecular weight is 395 g/mol. The molecule has 0 aliphatic rings. The Kier molecular flexibility index (Phi) is 6.89. The second-order valence-electron chi connectivity index (χ2n) is 5.91. The Hall–Kier alpha value is -2.24. The first-order valence-corrected chi connectivity index (χ1v) is 8.71. The van der Waals surface area contributed by atoms with E-state index in [1.807, 2.05) is 32.0 Å². The number of nitrogens with zero attached hydrogens (tertiary/aromatic N) is 1. The molecular weight excluding hydrogens is 375 g/mol. The molecule has 2 aromatic carbocycles.